The van der Waals surface area contributed by atoms with Gasteiger partial charge in [-0.25, -0.2) is 4.79 Å². The second-order valence-electron chi connectivity index (χ2n) is 6.87. The van der Waals surface area contributed by atoms with E-state index < -0.39 is 17.9 Å². The largest absolute Gasteiger partial charge is 0.493 e. The molecule has 0 radical (unpaired) electrons. The van der Waals surface area contributed by atoms with Crippen LogP contribution < -0.4 is 14.8 Å². The Kier molecular flexibility index (Phi) is 8.72. The lowest BCUT2D eigenvalue weighted by atomic mass is 10.0. The molecular formula is C19H28ClNO5. The van der Waals surface area contributed by atoms with Crippen LogP contribution in [0.5, 0.6) is 11.5 Å². The van der Waals surface area contributed by atoms with Crippen LogP contribution in [0.2, 0.25) is 5.02 Å². The van der Waals surface area contributed by atoms with E-state index in [2.05, 4.69) is 5.32 Å². The maximum absolute atomic E-state index is 12.6. The van der Waals surface area contributed by atoms with Crippen molar-refractivity contribution in [3.63, 3.8) is 0 Å². The second-order valence-corrected chi connectivity index (χ2v) is 7.28. The first-order valence-electron chi connectivity index (χ1n) is 8.58. The number of halogens is 1. The van der Waals surface area contributed by atoms with Gasteiger partial charge in [0.1, 0.15) is 6.04 Å². The van der Waals surface area contributed by atoms with E-state index in [1.807, 2.05) is 27.7 Å². The number of nitrogens with one attached hydrogen (secondary N) is 1. The van der Waals surface area contributed by atoms with Gasteiger partial charge in [-0.15, -0.1) is 0 Å². The van der Waals surface area contributed by atoms with Crippen molar-refractivity contribution in [1.82, 2.24) is 5.32 Å². The number of rotatable bonds is 9. The fourth-order valence-electron chi connectivity index (χ4n) is 2.31. The van der Waals surface area contributed by atoms with Crippen molar-refractivity contribution in [3.05, 3.63) is 22.7 Å². The van der Waals surface area contributed by atoms with Gasteiger partial charge in [0.25, 0.3) is 5.91 Å². The summed E-state index contributed by atoms with van der Waals surface area (Å²) in [5.74, 6) is 0.367. The third-order valence-corrected chi connectivity index (χ3v) is 3.83. The first-order chi connectivity index (χ1) is 12.2. The molecule has 7 heteroatoms. The molecule has 0 aliphatic rings. The Balaban J connectivity index is 3.04. The third-order valence-electron chi connectivity index (χ3n) is 3.55. The molecular weight excluding hydrogens is 358 g/mol. The summed E-state index contributed by atoms with van der Waals surface area (Å²) in [6.07, 6.45) is 0.471. The molecule has 146 valence electrons. The van der Waals surface area contributed by atoms with Gasteiger partial charge in [0, 0.05) is 5.56 Å². The molecule has 1 N–H and O–H groups in total. The van der Waals surface area contributed by atoms with Gasteiger partial charge < -0.3 is 19.5 Å². The Morgan fingerprint density at radius 2 is 1.77 bits per heavy atom. The molecule has 0 aromatic heterocycles. The van der Waals surface area contributed by atoms with Crippen molar-refractivity contribution in [1.29, 1.82) is 0 Å². The average Bonchev–Trinajstić information content (AvgIpc) is 2.57. The molecule has 0 spiro atoms. The highest BCUT2D eigenvalue weighted by Gasteiger charge is 2.24. The number of hydrogen-bond donors (Lipinski definition) is 1. The summed E-state index contributed by atoms with van der Waals surface area (Å²) in [5, 5.41) is 2.97. The van der Waals surface area contributed by atoms with E-state index in [0.29, 0.717) is 30.4 Å². The van der Waals surface area contributed by atoms with Gasteiger partial charge in [-0.05, 0) is 30.4 Å². The molecule has 1 aromatic carbocycles. The summed E-state index contributed by atoms with van der Waals surface area (Å²) in [6.45, 7) is 8.43. The lowest BCUT2D eigenvalue weighted by Gasteiger charge is -2.19. The van der Waals surface area contributed by atoms with Gasteiger partial charge in [-0.2, -0.15) is 0 Å². The number of hydrogen-bond acceptors (Lipinski definition) is 5. The number of ether oxygens (including phenoxy) is 3. The van der Waals surface area contributed by atoms with Crippen LogP contribution in [0.15, 0.2) is 12.1 Å². The van der Waals surface area contributed by atoms with Gasteiger partial charge >= 0.3 is 5.97 Å². The molecule has 26 heavy (non-hydrogen) atoms. The zero-order chi connectivity index (χ0) is 19.9. The van der Waals surface area contributed by atoms with Crippen LogP contribution in [0.3, 0.4) is 0 Å². The minimum atomic E-state index is -0.728. The average molecular weight is 386 g/mol. The van der Waals surface area contributed by atoms with Crippen LogP contribution in [-0.4, -0.2) is 38.7 Å². The van der Waals surface area contributed by atoms with Crippen molar-refractivity contribution in [2.24, 2.45) is 11.8 Å². The Labute approximate surface area is 160 Å². The fourth-order valence-corrected chi connectivity index (χ4v) is 2.58. The van der Waals surface area contributed by atoms with Crippen molar-refractivity contribution >= 4 is 23.5 Å². The molecule has 0 saturated carbocycles. The molecule has 0 fully saturated rings. The Morgan fingerprint density at radius 3 is 2.27 bits per heavy atom. The van der Waals surface area contributed by atoms with Crippen molar-refractivity contribution in [2.75, 3.05) is 20.8 Å². The minimum Gasteiger partial charge on any atom is -0.493 e. The topological polar surface area (TPSA) is 73.9 Å². The zero-order valence-electron chi connectivity index (χ0n) is 16.2. The van der Waals surface area contributed by atoms with Crippen molar-refractivity contribution < 1.29 is 23.8 Å². The van der Waals surface area contributed by atoms with E-state index in [0.717, 1.165) is 0 Å². The summed E-state index contributed by atoms with van der Waals surface area (Å²) in [5.41, 5.74) is 0.279. The molecule has 1 aromatic rings. The van der Waals surface area contributed by atoms with Crippen LogP contribution in [0.25, 0.3) is 0 Å². The van der Waals surface area contributed by atoms with E-state index in [1.165, 1.54) is 20.3 Å². The number of methoxy groups -OCH3 is 2. The van der Waals surface area contributed by atoms with E-state index >= 15 is 0 Å². The third kappa shape index (κ3) is 6.41. The summed E-state index contributed by atoms with van der Waals surface area (Å²) in [6, 6.07) is 2.31. The standard InChI is InChI=1S/C19H28ClNO5/c1-11(2)7-15(19(23)25-6)21-18(22)13-8-14(20)17(16(9-13)24-5)26-10-12(3)4/h8-9,11-12,15H,7,10H2,1-6H3,(H,21,22). The van der Waals surface area contributed by atoms with Gasteiger partial charge in [0.2, 0.25) is 0 Å². The molecule has 0 aliphatic carbocycles. The SMILES string of the molecule is COC(=O)C(CC(C)C)NC(=O)c1cc(Cl)c(OCC(C)C)c(OC)c1. The predicted octanol–water partition coefficient (Wildman–Crippen LogP) is 3.70. The van der Waals surface area contributed by atoms with Crippen molar-refractivity contribution in [2.45, 2.75) is 40.2 Å². The quantitative estimate of drug-likeness (QED) is 0.656. The first kappa shape index (κ1) is 22.1. The van der Waals surface area contributed by atoms with E-state index in [9.17, 15) is 9.59 Å². The number of carbonyl (C=O) groups is 2. The molecule has 1 rings (SSSR count). The molecule has 1 atom stereocenters. The first-order valence-corrected chi connectivity index (χ1v) is 8.96. The number of benzene rings is 1. The Morgan fingerprint density at radius 1 is 1.12 bits per heavy atom. The lowest BCUT2D eigenvalue weighted by Crippen LogP contribution is -2.42. The molecule has 1 amide bonds. The number of amides is 1. The van der Waals surface area contributed by atoms with E-state index in [-0.39, 0.29) is 16.5 Å². The summed E-state index contributed by atoms with van der Waals surface area (Å²) in [4.78, 5) is 24.5. The second kappa shape index (κ2) is 10.3. The van der Waals surface area contributed by atoms with E-state index in [1.54, 1.807) is 6.07 Å². The van der Waals surface area contributed by atoms with Crippen molar-refractivity contribution in [3.8, 4) is 11.5 Å². The molecule has 0 bridgehead atoms. The molecule has 6 nitrogen and oxygen atoms in total. The normalized spacial score (nSPS) is 12.0. The highest BCUT2D eigenvalue weighted by Crippen LogP contribution is 2.36. The summed E-state index contributed by atoms with van der Waals surface area (Å²) < 4.78 is 15.8. The van der Waals surface area contributed by atoms with E-state index in [4.69, 9.17) is 25.8 Å². The monoisotopic (exact) mass is 385 g/mol. The zero-order valence-corrected chi connectivity index (χ0v) is 17.0. The van der Waals surface area contributed by atoms with Crippen LogP contribution in [-0.2, 0) is 9.53 Å². The van der Waals surface area contributed by atoms with Crippen LogP contribution in [0, 0.1) is 11.8 Å². The van der Waals surface area contributed by atoms with Crippen LogP contribution in [0.1, 0.15) is 44.5 Å². The van der Waals surface area contributed by atoms with Crippen LogP contribution >= 0.6 is 11.6 Å². The number of esters is 1. The van der Waals surface area contributed by atoms with Gasteiger partial charge in [-0.1, -0.05) is 39.3 Å². The predicted molar refractivity (Wildman–Crippen MR) is 101 cm³/mol. The van der Waals surface area contributed by atoms with Gasteiger partial charge in [0.05, 0.1) is 25.8 Å². The van der Waals surface area contributed by atoms with Gasteiger partial charge in [-0.3, -0.25) is 4.79 Å². The fraction of sp³-hybridized carbons (Fsp3) is 0.579. The summed E-state index contributed by atoms with van der Waals surface area (Å²) in [7, 11) is 2.77. The smallest absolute Gasteiger partial charge is 0.328 e. The highest BCUT2D eigenvalue weighted by molar-refractivity contribution is 6.32. The number of carbonyl (C=O) groups excluding carboxylic acids is 2. The summed E-state index contributed by atoms with van der Waals surface area (Å²) >= 11 is 6.27. The maximum atomic E-state index is 12.6. The highest BCUT2D eigenvalue weighted by atomic mass is 35.5. The molecule has 0 aliphatic heterocycles. The molecule has 0 heterocycles. The van der Waals surface area contributed by atoms with Gasteiger partial charge in [0.15, 0.2) is 11.5 Å². The molecule has 1 unspecified atom stereocenters. The Bertz CT molecular complexity index is 631. The lowest BCUT2D eigenvalue weighted by molar-refractivity contribution is -0.143. The minimum absolute atomic E-state index is 0.212. The van der Waals surface area contributed by atoms with Crippen LogP contribution in [0.4, 0.5) is 0 Å². The molecule has 0 saturated heterocycles. The maximum Gasteiger partial charge on any atom is 0.328 e. The Hall–Kier alpha value is -1.95.